The highest BCUT2D eigenvalue weighted by Crippen LogP contribution is 2.32. The van der Waals surface area contributed by atoms with E-state index in [1.165, 1.54) is 11.1 Å². The summed E-state index contributed by atoms with van der Waals surface area (Å²) in [5, 5.41) is 3.12. The van der Waals surface area contributed by atoms with Crippen molar-refractivity contribution in [2.24, 2.45) is 5.92 Å². The van der Waals surface area contributed by atoms with Gasteiger partial charge in [-0.2, -0.15) is 0 Å². The molecule has 1 aromatic carbocycles. The van der Waals surface area contributed by atoms with Crippen molar-refractivity contribution in [1.82, 2.24) is 5.32 Å². The average Bonchev–Trinajstić information content (AvgIpc) is 2.92. The quantitative estimate of drug-likeness (QED) is 0.864. The predicted octanol–water partition coefficient (Wildman–Crippen LogP) is 2.64. The van der Waals surface area contributed by atoms with Gasteiger partial charge >= 0.3 is 0 Å². The molecule has 1 amide bonds. The van der Waals surface area contributed by atoms with Gasteiger partial charge in [0.1, 0.15) is 0 Å². The Bertz CT molecular complexity index is 525. The van der Waals surface area contributed by atoms with Gasteiger partial charge in [-0.05, 0) is 30.4 Å². The number of fused-ring (bicyclic) bond motifs is 1. The number of hydrogen-bond acceptors (Lipinski definition) is 2. The molecule has 21 heavy (non-hydrogen) atoms. The van der Waals surface area contributed by atoms with E-state index in [4.69, 9.17) is 4.74 Å². The van der Waals surface area contributed by atoms with Crippen LogP contribution in [0.15, 0.2) is 36.4 Å². The lowest BCUT2D eigenvalue weighted by atomic mass is 9.93. The van der Waals surface area contributed by atoms with Crippen molar-refractivity contribution < 1.29 is 9.53 Å². The molecule has 112 valence electrons. The summed E-state index contributed by atoms with van der Waals surface area (Å²) >= 11 is 0. The lowest BCUT2D eigenvalue weighted by Crippen LogP contribution is -2.46. The minimum atomic E-state index is -0.274. The molecule has 3 rings (SSSR count). The smallest absolute Gasteiger partial charge is 0.223 e. The number of nitrogens with one attached hydrogen (secondary N) is 1. The second-order valence-electron chi connectivity index (χ2n) is 6.21. The molecule has 2 aliphatic carbocycles. The first-order valence-electron chi connectivity index (χ1n) is 7.77. The molecular weight excluding hydrogens is 262 g/mol. The van der Waals surface area contributed by atoms with Crippen molar-refractivity contribution in [3.8, 4) is 0 Å². The number of methoxy groups -OCH3 is 1. The van der Waals surface area contributed by atoms with Crippen LogP contribution in [0, 0.1) is 5.92 Å². The summed E-state index contributed by atoms with van der Waals surface area (Å²) in [4.78, 5) is 12.3. The number of rotatable bonds is 4. The van der Waals surface area contributed by atoms with Gasteiger partial charge in [0, 0.05) is 32.4 Å². The molecule has 0 bridgehead atoms. The highest BCUT2D eigenvalue weighted by molar-refractivity contribution is 5.79. The minimum Gasteiger partial charge on any atom is -0.376 e. The molecule has 1 aromatic rings. The van der Waals surface area contributed by atoms with E-state index in [-0.39, 0.29) is 17.4 Å². The van der Waals surface area contributed by atoms with Gasteiger partial charge in [-0.15, -0.1) is 0 Å². The number of carbonyl (C=O) groups excluding carboxylic acids is 1. The topological polar surface area (TPSA) is 38.3 Å². The van der Waals surface area contributed by atoms with E-state index in [9.17, 15) is 4.79 Å². The van der Waals surface area contributed by atoms with E-state index in [0.29, 0.717) is 6.54 Å². The molecule has 0 aromatic heterocycles. The Balaban J connectivity index is 1.61. The fraction of sp³-hybridized carbons (Fsp3) is 0.500. The lowest BCUT2D eigenvalue weighted by molar-refractivity contribution is -0.126. The molecule has 0 saturated heterocycles. The van der Waals surface area contributed by atoms with Crippen molar-refractivity contribution in [3.63, 3.8) is 0 Å². The zero-order valence-electron chi connectivity index (χ0n) is 12.6. The van der Waals surface area contributed by atoms with Crippen molar-refractivity contribution in [3.05, 3.63) is 47.5 Å². The lowest BCUT2D eigenvalue weighted by Gasteiger charge is -2.29. The first kappa shape index (κ1) is 14.3. The van der Waals surface area contributed by atoms with Crippen LogP contribution in [0.1, 0.15) is 30.4 Å². The van der Waals surface area contributed by atoms with Gasteiger partial charge in [-0.1, -0.05) is 36.4 Å². The maximum Gasteiger partial charge on any atom is 0.223 e. The maximum absolute atomic E-state index is 12.3. The summed E-state index contributed by atoms with van der Waals surface area (Å²) in [5.41, 5.74) is 2.41. The number of carbonyl (C=O) groups is 1. The zero-order chi connectivity index (χ0) is 14.7. The largest absolute Gasteiger partial charge is 0.376 e. The average molecular weight is 285 g/mol. The SMILES string of the molecule is COC1(CNC(=O)C2CC=CCC2)Cc2ccccc2C1. The fourth-order valence-corrected chi connectivity index (χ4v) is 3.42. The normalized spacial score (nSPS) is 22.8. The summed E-state index contributed by atoms with van der Waals surface area (Å²) < 4.78 is 5.79. The van der Waals surface area contributed by atoms with E-state index in [0.717, 1.165) is 32.1 Å². The molecule has 0 spiro atoms. The Kier molecular flexibility index (Phi) is 4.11. The van der Waals surface area contributed by atoms with Crippen LogP contribution < -0.4 is 5.32 Å². The summed E-state index contributed by atoms with van der Waals surface area (Å²) in [7, 11) is 1.75. The van der Waals surface area contributed by atoms with Crippen LogP contribution in [0.4, 0.5) is 0 Å². The number of hydrogen-bond donors (Lipinski definition) is 1. The molecule has 2 aliphatic rings. The first-order chi connectivity index (χ1) is 10.2. The highest BCUT2D eigenvalue weighted by atomic mass is 16.5. The second-order valence-corrected chi connectivity index (χ2v) is 6.21. The van der Waals surface area contributed by atoms with Crippen LogP contribution >= 0.6 is 0 Å². The molecular formula is C18H23NO2. The molecule has 1 atom stereocenters. The Morgan fingerprint density at radius 2 is 2.00 bits per heavy atom. The molecule has 1 unspecified atom stereocenters. The Morgan fingerprint density at radius 1 is 1.29 bits per heavy atom. The van der Waals surface area contributed by atoms with E-state index in [1.54, 1.807) is 7.11 Å². The molecule has 0 fully saturated rings. The van der Waals surface area contributed by atoms with Gasteiger partial charge in [0.15, 0.2) is 0 Å². The number of allylic oxidation sites excluding steroid dienone is 2. The van der Waals surface area contributed by atoms with E-state index < -0.39 is 0 Å². The van der Waals surface area contributed by atoms with Gasteiger partial charge in [0.05, 0.1) is 5.60 Å². The van der Waals surface area contributed by atoms with Crippen molar-refractivity contribution in [2.75, 3.05) is 13.7 Å². The van der Waals surface area contributed by atoms with Crippen LogP contribution in [-0.4, -0.2) is 25.2 Å². The monoisotopic (exact) mass is 285 g/mol. The second kappa shape index (κ2) is 6.02. The minimum absolute atomic E-state index is 0.132. The molecule has 3 heteroatoms. The number of ether oxygens (including phenoxy) is 1. The molecule has 0 radical (unpaired) electrons. The van der Waals surface area contributed by atoms with Crippen molar-refractivity contribution in [1.29, 1.82) is 0 Å². The fourth-order valence-electron chi connectivity index (χ4n) is 3.42. The predicted molar refractivity (Wildman–Crippen MR) is 83.1 cm³/mol. The highest BCUT2D eigenvalue weighted by Gasteiger charge is 2.37. The third-order valence-electron chi connectivity index (χ3n) is 4.80. The van der Waals surface area contributed by atoms with Crippen molar-refractivity contribution >= 4 is 5.91 Å². The van der Waals surface area contributed by atoms with Gasteiger partial charge in [0.25, 0.3) is 0 Å². The van der Waals surface area contributed by atoms with Crippen LogP contribution in [0.5, 0.6) is 0 Å². The van der Waals surface area contributed by atoms with E-state index in [2.05, 4.69) is 41.7 Å². The van der Waals surface area contributed by atoms with Gasteiger partial charge < -0.3 is 10.1 Å². The summed E-state index contributed by atoms with van der Waals surface area (Å²) in [6.45, 7) is 0.594. The summed E-state index contributed by atoms with van der Waals surface area (Å²) in [5.74, 6) is 0.305. The van der Waals surface area contributed by atoms with E-state index in [1.807, 2.05) is 0 Å². The number of benzene rings is 1. The van der Waals surface area contributed by atoms with Gasteiger partial charge in [0.2, 0.25) is 5.91 Å². The molecule has 0 aliphatic heterocycles. The van der Waals surface area contributed by atoms with Crippen molar-refractivity contribution in [2.45, 2.75) is 37.7 Å². The third kappa shape index (κ3) is 3.03. The summed E-state index contributed by atoms with van der Waals surface area (Å²) in [6, 6.07) is 8.45. The van der Waals surface area contributed by atoms with E-state index >= 15 is 0 Å². The first-order valence-corrected chi connectivity index (χ1v) is 7.77. The van der Waals surface area contributed by atoms with Gasteiger partial charge in [-0.25, -0.2) is 0 Å². The summed E-state index contributed by atoms with van der Waals surface area (Å²) in [6.07, 6.45) is 8.88. The molecule has 3 nitrogen and oxygen atoms in total. The van der Waals surface area contributed by atoms with Crippen LogP contribution in [0.25, 0.3) is 0 Å². The Morgan fingerprint density at radius 3 is 2.57 bits per heavy atom. The van der Waals surface area contributed by atoms with Crippen LogP contribution in [-0.2, 0) is 22.4 Å². The van der Waals surface area contributed by atoms with Crippen LogP contribution in [0.3, 0.4) is 0 Å². The third-order valence-corrected chi connectivity index (χ3v) is 4.80. The zero-order valence-corrected chi connectivity index (χ0v) is 12.6. The van der Waals surface area contributed by atoms with Gasteiger partial charge in [-0.3, -0.25) is 4.79 Å². The number of amides is 1. The standard InChI is InChI=1S/C18H23NO2/c1-21-18(11-15-9-5-6-10-16(15)12-18)13-19-17(20)14-7-3-2-4-8-14/h2-3,5-6,9-10,14H,4,7-8,11-13H2,1H3,(H,19,20). The molecule has 1 N–H and O–H groups in total. The Labute approximate surface area is 126 Å². The maximum atomic E-state index is 12.3. The Hall–Kier alpha value is -1.61. The van der Waals surface area contributed by atoms with Crippen LogP contribution in [0.2, 0.25) is 0 Å². The molecule has 0 saturated carbocycles. The molecule has 0 heterocycles.